The fourth-order valence-corrected chi connectivity index (χ4v) is 2.28. The molecular formula is C18H22ClN3O. The van der Waals surface area contributed by atoms with E-state index < -0.39 is 0 Å². The molecule has 1 N–H and O–H groups in total. The van der Waals surface area contributed by atoms with Crippen molar-refractivity contribution in [2.75, 3.05) is 5.32 Å². The first-order valence-electron chi connectivity index (χ1n) is 7.50. The van der Waals surface area contributed by atoms with Crippen molar-refractivity contribution >= 4 is 23.3 Å². The van der Waals surface area contributed by atoms with Crippen LogP contribution < -0.4 is 5.32 Å². The summed E-state index contributed by atoms with van der Waals surface area (Å²) in [5, 5.41) is 8.11. The minimum absolute atomic E-state index is 0.136. The number of carbonyl (C=O) groups excluding carboxylic acids is 1. The van der Waals surface area contributed by atoms with E-state index in [0.717, 1.165) is 17.0 Å². The molecule has 0 atom stereocenters. The number of halogens is 1. The number of rotatable bonds is 3. The summed E-state index contributed by atoms with van der Waals surface area (Å²) in [7, 11) is 0. The quantitative estimate of drug-likeness (QED) is 0.826. The summed E-state index contributed by atoms with van der Waals surface area (Å²) in [6.45, 7) is 9.99. The Kier molecular flexibility index (Phi) is 4.95. The Morgan fingerprint density at radius 2 is 1.91 bits per heavy atom. The molecular weight excluding hydrogens is 310 g/mol. The highest BCUT2D eigenvalue weighted by molar-refractivity contribution is 6.32. The lowest BCUT2D eigenvalue weighted by molar-refractivity contribution is -0.112. The van der Waals surface area contributed by atoms with Gasteiger partial charge in [-0.1, -0.05) is 50.1 Å². The molecule has 0 saturated carbocycles. The standard InChI is InChI=1S/C18H22ClN3O/c1-12(2)10-17(23)20-16-11-15(18(3,4)5)21-22(16)14-9-7-6-8-13(14)19/h6-11H,1-5H3,(H,20,23). The number of aromatic nitrogens is 2. The van der Waals surface area contributed by atoms with Gasteiger partial charge in [0, 0.05) is 17.6 Å². The van der Waals surface area contributed by atoms with Gasteiger partial charge >= 0.3 is 0 Å². The number of amides is 1. The van der Waals surface area contributed by atoms with Gasteiger partial charge in [-0.25, -0.2) is 4.68 Å². The number of carbonyl (C=O) groups is 1. The summed E-state index contributed by atoms with van der Waals surface area (Å²) < 4.78 is 1.68. The second-order valence-corrected chi connectivity index (χ2v) is 7.15. The van der Waals surface area contributed by atoms with E-state index in [1.165, 1.54) is 0 Å². The Morgan fingerprint density at radius 1 is 1.26 bits per heavy atom. The van der Waals surface area contributed by atoms with Crippen LogP contribution in [-0.2, 0) is 10.2 Å². The van der Waals surface area contributed by atoms with Crippen LogP contribution in [0.25, 0.3) is 5.69 Å². The minimum atomic E-state index is -0.182. The fourth-order valence-electron chi connectivity index (χ4n) is 2.07. The zero-order chi connectivity index (χ0) is 17.2. The average molecular weight is 332 g/mol. The first-order chi connectivity index (χ1) is 10.7. The maximum atomic E-state index is 12.1. The molecule has 1 aromatic heterocycles. The van der Waals surface area contributed by atoms with Gasteiger partial charge in [0.2, 0.25) is 5.91 Å². The fraction of sp³-hybridized carbons (Fsp3) is 0.333. The Hall–Kier alpha value is -2.07. The number of benzene rings is 1. The van der Waals surface area contributed by atoms with E-state index in [9.17, 15) is 4.79 Å². The van der Waals surface area contributed by atoms with E-state index in [0.29, 0.717) is 10.8 Å². The molecule has 5 heteroatoms. The highest BCUT2D eigenvalue weighted by atomic mass is 35.5. The van der Waals surface area contributed by atoms with E-state index in [-0.39, 0.29) is 11.3 Å². The van der Waals surface area contributed by atoms with Crippen molar-refractivity contribution in [3.05, 3.63) is 52.7 Å². The van der Waals surface area contributed by atoms with Crippen molar-refractivity contribution in [3.8, 4) is 5.69 Å². The topological polar surface area (TPSA) is 46.9 Å². The van der Waals surface area contributed by atoms with Gasteiger partial charge < -0.3 is 5.32 Å². The molecule has 0 unspecified atom stereocenters. The molecule has 122 valence electrons. The number of nitrogens with zero attached hydrogens (tertiary/aromatic N) is 2. The first kappa shape index (κ1) is 17.3. The third-order valence-electron chi connectivity index (χ3n) is 3.23. The molecule has 2 rings (SSSR count). The van der Waals surface area contributed by atoms with Gasteiger partial charge in [-0.05, 0) is 26.0 Å². The summed E-state index contributed by atoms with van der Waals surface area (Å²) in [6.07, 6.45) is 1.56. The van der Waals surface area contributed by atoms with E-state index >= 15 is 0 Å². The third kappa shape index (κ3) is 4.23. The lowest BCUT2D eigenvalue weighted by Crippen LogP contribution is -2.13. The molecule has 1 amide bonds. The van der Waals surface area contributed by atoms with Crippen molar-refractivity contribution in [1.29, 1.82) is 0 Å². The summed E-state index contributed by atoms with van der Waals surface area (Å²) >= 11 is 6.29. The lowest BCUT2D eigenvalue weighted by atomic mass is 9.92. The maximum Gasteiger partial charge on any atom is 0.249 e. The van der Waals surface area contributed by atoms with E-state index in [1.807, 2.05) is 38.1 Å². The van der Waals surface area contributed by atoms with Crippen molar-refractivity contribution in [2.45, 2.75) is 40.0 Å². The molecule has 1 aromatic carbocycles. The molecule has 0 fully saturated rings. The van der Waals surface area contributed by atoms with Crippen LogP contribution in [0, 0.1) is 0 Å². The van der Waals surface area contributed by atoms with Gasteiger partial charge in [0.1, 0.15) is 5.82 Å². The molecule has 4 nitrogen and oxygen atoms in total. The van der Waals surface area contributed by atoms with Crippen LogP contribution in [0.5, 0.6) is 0 Å². The first-order valence-corrected chi connectivity index (χ1v) is 7.87. The lowest BCUT2D eigenvalue weighted by Gasteiger charge is -2.14. The Bertz CT molecular complexity index is 750. The van der Waals surface area contributed by atoms with Gasteiger partial charge in [0.25, 0.3) is 0 Å². The molecule has 23 heavy (non-hydrogen) atoms. The van der Waals surface area contributed by atoms with E-state index in [2.05, 4.69) is 31.2 Å². The molecule has 0 radical (unpaired) electrons. The van der Waals surface area contributed by atoms with Crippen molar-refractivity contribution in [1.82, 2.24) is 9.78 Å². The summed E-state index contributed by atoms with van der Waals surface area (Å²) in [4.78, 5) is 12.1. The third-order valence-corrected chi connectivity index (χ3v) is 3.55. The second kappa shape index (κ2) is 6.59. The second-order valence-electron chi connectivity index (χ2n) is 6.74. The van der Waals surface area contributed by atoms with Gasteiger partial charge in [-0.3, -0.25) is 4.79 Å². The summed E-state index contributed by atoms with van der Waals surface area (Å²) in [6, 6.07) is 9.32. The van der Waals surface area contributed by atoms with Crippen molar-refractivity contribution < 1.29 is 4.79 Å². The van der Waals surface area contributed by atoms with Crippen molar-refractivity contribution in [3.63, 3.8) is 0 Å². The van der Waals surface area contributed by atoms with Crippen LogP contribution in [0.2, 0.25) is 5.02 Å². The number of allylic oxidation sites excluding steroid dienone is 1. The van der Waals surface area contributed by atoms with Gasteiger partial charge in [0.05, 0.1) is 16.4 Å². The molecule has 0 aliphatic rings. The highest BCUT2D eigenvalue weighted by Crippen LogP contribution is 2.29. The Morgan fingerprint density at radius 3 is 2.48 bits per heavy atom. The number of hydrogen-bond acceptors (Lipinski definition) is 2. The number of para-hydroxylation sites is 1. The highest BCUT2D eigenvalue weighted by Gasteiger charge is 2.21. The molecule has 0 spiro atoms. The molecule has 0 saturated heterocycles. The van der Waals surface area contributed by atoms with Gasteiger partial charge in [-0.15, -0.1) is 0 Å². The molecule has 0 aliphatic heterocycles. The predicted octanol–water partition coefficient (Wildman–Crippen LogP) is 4.73. The van der Waals surface area contributed by atoms with Crippen LogP contribution in [0.1, 0.15) is 40.3 Å². The Labute approximate surface area is 142 Å². The smallest absolute Gasteiger partial charge is 0.249 e. The molecule has 1 heterocycles. The van der Waals surface area contributed by atoms with E-state index in [4.69, 9.17) is 11.6 Å². The largest absolute Gasteiger partial charge is 0.307 e. The zero-order valence-corrected chi connectivity index (χ0v) is 14.9. The van der Waals surface area contributed by atoms with Gasteiger partial charge in [-0.2, -0.15) is 5.10 Å². The van der Waals surface area contributed by atoms with Crippen LogP contribution in [0.3, 0.4) is 0 Å². The SMILES string of the molecule is CC(C)=CC(=O)Nc1cc(C(C)(C)C)nn1-c1ccccc1Cl. The van der Waals surface area contributed by atoms with Crippen LogP contribution in [0.15, 0.2) is 42.0 Å². The van der Waals surface area contributed by atoms with Crippen molar-refractivity contribution in [2.24, 2.45) is 0 Å². The minimum Gasteiger partial charge on any atom is -0.307 e. The van der Waals surface area contributed by atoms with Crippen LogP contribution >= 0.6 is 11.6 Å². The molecule has 0 bridgehead atoms. The summed E-state index contributed by atoms with van der Waals surface area (Å²) in [5.74, 6) is 0.421. The number of nitrogens with one attached hydrogen (secondary N) is 1. The number of anilines is 1. The predicted molar refractivity (Wildman–Crippen MR) is 95.3 cm³/mol. The maximum absolute atomic E-state index is 12.1. The normalized spacial score (nSPS) is 11.2. The molecule has 2 aromatic rings. The van der Waals surface area contributed by atoms with E-state index in [1.54, 1.807) is 16.8 Å². The van der Waals surface area contributed by atoms with Gasteiger partial charge in [0.15, 0.2) is 0 Å². The average Bonchev–Trinajstić information content (AvgIpc) is 2.82. The summed E-state index contributed by atoms with van der Waals surface area (Å²) in [5.41, 5.74) is 2.41. The van der Waals surface area contributed by atoms with Crippen LogP contribution in [0.4, 0.5) is 5.82 Å². The zero-order valence-electron chi connectivity index (χ0n) is 14.1. The molecule has 0 aliphatic carbocycles. The monoisotopic (exact) mass is 331 g/mol. The van der Waals surface area contributed by atoms with Crippen LogP contribution in [-0.4, -0.2) is 15.7 Å². The Balaban J connectivity index is 2.52. The number of hydrogen-bond donors (Lipinski definition) is 1.